The molecule has 17 heavy (non-hydrogen) atoms. The Hall–Kier alpha value is -0.530. The van der Waals surface area contributed by atoms with Crippen LogP contribution in [0.1, 0.15) is 48.0 Å². The van der Waals surface area contributed by atoms with Crippen molar-refractivity contribution in [2.24, 2.45) is 28.6 Å². The minimum absolute atomic E-state index is 0.107. The topological polar surface area (TPSA) is 20.3 Å². The SMILES string of the molecule is CC1CN(C(=O)CC(C)(C)C)C[C@@H]2C1C2(C)C. The molecule has 1 saturated heterocycles. The number of nitrogens with zero attached hydrogens (tertiary/aromatic N) is 1. The molecular weight excluding hydrogens is 210 g/mol. The second-order valence-corrected chi connectivity index (χ2v) is 7.97. The summed E-state index contributed by atoms with van der Waals surface area (Å²) in [6, 6.07) is 0. The van der Waals surface area contributed by atoms with Crippen LogP contribution in [0.5, 0.6) is 0 Å². The van der Waals surface area contributed by atoms with E-state index in [1.54, 1.807) is 0 Å². The highest BCUT2D eigenvalue weighted by Crippen LogP contribution is 2.63. The Balaban J connectivity index is 1.99. The number of fused-ring (bicyclic) bond motifs is 1. The zero-order valence-corrected chi connectivity index (χ0v) is 12.2. The average molecular weight is 237 g/mol. The van der Waals surface area contributed by atoms with Crippen LogP contribution in [0.2, 0.25) is 0 Å². The normalized spacial score (nSPS) is 35.4. The van der Waals surface area contributed by atoms with E-state index in [4.69, 9.17) is 0 Å². The maximum absolute atomic E-state index is 12.3. The van der Waals surface area contributed by atoms with Gasteiger partial charge in [-0.3, -0.25) is 4.79 Å². The van der Waals surface area contributed by atoms with E-state index in [1.165, 1.54) is 0 Å². The van der Waals surface area contributed by atoms with Gasteiger partial charge in [-0.05, 0) is 28.6 Å². The van der Waals surface area contributed by atoms with Crippen molar-refractivity contribution in [2.75, 3.05) is 13.1 Å². The predicted octanol–water partition coefficient (Wildman–Crippen LogP) is 3.17. The molecule has 0 aromatic rings. The molecule has 2 fully saturated rings. The smallest absolute Gasteiger partial charge is 0.223 e. The summed E-state index contributed by atoms with van der Waals surface area (Å²) in [5, 5.41) is 0. The average Bonchev–Trinajstić information content (AvgIpc) is 2.66. The fourth-order valence-electron chi connectivity index (χ4n) is 3.81. The Bertz CT molecular complexity index is 326. The van der Waals surface area contributed by atoms with Crippen molar-refractivity contribution in [2.45, 2.75) is 48.0 Å². The number of carbonyl (C=O) groups excluding carboxylic acids is 1. The summed E-state index contributed by atoms with van der Waals surface area (Å²) >= 11 is 0. The Labute approximate surface area is 106 Å². The molecule has 0 spiro atoms. The lowest BCUT2D eigenvalue weighted by atomic mass is 9.90. The van der Waals surface area contributed by atoms with Gasteiger partial charge in [0, 0.05) is 19.5 Å². The molecule has 2 nitrogen and oxygen atoms in total. The molecule has 0 N–H and O–H groups in total. The van der Waals surface area contributed by atoms with E-state index in [-0.39, 0.29) is 5.41 Å². The quantitative estimate of drug-likeness (QED) is 0.686. The third kappa shape index (κ3) is 2.36. The van der Waals surface area contributed by atoms with E-state index >= 15 is 0 Å². The van der Waals surface area contributed by atoms with Gasteiger partial charge in [0.05, 0.1) is 0 Å². The van der Waals surface area contributed by atoms with Gasteiger partial charge in [-0.15, -0.1) is 0 Å². The first kappa shape index (κ1) is 12.9. The van der Waals surface area contributed by atoms with Crippen LogP contribution in [0.25, 0.3) is 0 Å². The largest absolute Gasteiger partial charge is 0.342 e. The summed E-state index contributed by atoms with van der Waals surface area (Å²) in [4.78, 5) is 14.4. The molecule has 2 unspecified atom stereocenters. The van der Waals surface area contributed by atoms with Crippen molar-refractivity contribution in [3.05, 3.63) is 0 Å². The Morgan fingerprint density at radius 1 is 1.29 bits per heavy atom. The molecule has 2 heteroatoms. The Kier molecular flexibility index (Phi) is 2.83. The monoisotopic (exact) mass is 237 g/mol. The first-order valence-corrected chi connectivity index (χ1v) is 6.91. The highest BCUT2D eigenvalue weighted by molar-refractivity contribution is 5.77. The van der Waals surface area contributed by atoms with Gasteiger partial charge in [0.1, 0.15) is 0 Å². The van der Waals surface area contributed by atoms with E-state index in [0.29, 0.717) is 23.7 Å². The zero-order valence-electron chi connectivity index (χ0n) is 12.2. The van der Waals surface area contributed by atoms with Crippen LogP contribution in [0.15, 0.2) is 0 Å². The number of hydrogen-bond donors (Lipinski definition) is 0. The van der Waals surface area contributed by atoms with Crippen molar-refractivity contribution in [1.29, 1.82) is 0 Å². The molecule has 0 aromatic heterocycles. The van der Waals surface area contributed by atoms with Gasteiger partial charge < -0.3 is 4.90 Å². The fraction of sp³-hybridized carbons (Fsp3) is 0.933. The van der Waals surface area contributed by atoms with Gasteiger partial charge >= 0.3 is 0 Å². The number of carbonyl (C=O) groups is 1. The maximum atomic E-state index is 12.3. The van der Waals surface area contributed by atoms with Gasteiger partial charge in [0.2, 0.25) is 5.91 Å². The first-order valence-electron chi connectivity index (χ1n) is 6.91. The highest BCUT2D eigenvalue weighted by Gasteiger charge is 2.62. The van der Waals surface area contributed by atoms with Gasteiger partial charge in [-0.1, -0.05) is 41.5 Å². The molecule has 0 radical (unpaired) electrons. The number of piperidine rings is 1. The van der Waals surface area contributed by atoms with E-state index in [0.717, 1.165) is 24.9 Å². The molecule has 1 saturated carbocycles. The van der Waals surface area contributed by atoms with Crippen LogP contribution in [0, 0.1) is 28.6 Å². The lowest BCUT2D eigenvalue weighted by molar-refractivity contribution is -0.135. The third-order valence-electron chi connectivity index (χ3n) is 4.71. The fourth-order valence-corrected chi connectivity index (χ4v) is 3.81. The molecule has 1 aliphatic carbocycles. The Morgan fingerprint density at radius 2 is 1.88 bits per heavy atom. The number of amides is 1. The van der Waals surface area contributed by atoms with Crippen LogP contribution >= 0.6 is 0 Å². The standard InChI is InChI=1S/C15H27NO/c1-10-8-16(12(17)7-14(2,3)4)9-11-13(10)15(11,5)6/h10-11,13H,7-9H2,1-6H3/t10?,11-,13?/m1/s1. The van der Waals surface area contributed by atoms with E-state index in [2.05, 4.69) is 46.4 Å². The van der Waals surface area contributed by atoms with Crippen LogP contribution in [0.4, 0.5) is 0 Å². The Morgan fingerprint density at radius 3 is 2.35 bits per heavy atom. The maximum Gasteiger partial charge on any atom is 0.223 e. The molecule has 1 amide bonds. The molecule has 98 valence electrons. The van der Waals surface area contributed by atoms with Crippen molar-refractivity contribution >= 4 is 5.91 Å². The summed E-state index contributed by atoms with van der Waals surface area (Å²) in [5.74, 6) is 2.62. The van der Waals surface area contributed by atoms with Gasteiger partial charge in [0.25, 0.3) is 0 Å². The molecule has 2 aliphatic rings. The van der Waals surface area contributed by atoms with E-state index in [9.17, 15) is 4.79 Å². The second kappa shape index (κ2) is 3.73. The summed E-state index contributed by atoms with van der Waals surface area (Å²) in [6.45, 7) is 15.4. The molecule has 1 aliphatic heterocycles. The minimum Gasteiger partial charge on any atom is -0.342 e. The summed E-state index contributed by atoms with van der Waals surface area (Å²) in [6.07, 6.45) is 0.678. The zero-order chi connectivity index (χ0) is 13.0. The molecule has 1 heterocycles. The number of rotatable bonds is 1. The highest BCUT2D eigenvalue weighted by atomic mass is 16.2. The van der Waals surface area contributed by atoms with Gasteiger partial charge in [0.15, 0.2) is 0 Å². The molecule has 2 rings (SSSR count). The molecule has 0 bridgehead atoms. The van der Waals surface area contributed by atoms with Crippen molar-refractivity contribution in [3.63, 3.8) is 0 Å². The van der Waals surface area contributed by atoms with Crippen LogP contribution in [-0.2, 0) is 4.79 Å². The lowest BCUT2D eigenvalue weighted by Crippen LogP contribution is -2.41. The van der Waals surface area contributed by atoms with E-state index < -0.39 is 0 Å². The third-order valence-corrected chi connectivity index (χ3v) is 4.71. The van der Waals surface area contributed by atoms with E-state index in [1.807, 2.05) is 0 Å². The molecular formula is C15H27NO. The van der Waals surface area contributed by atoms with Crippen LogP contribution in [0.3, 0.4) is 0 Å². The summed E-state index contributed by atoms with van der Waals surface area (Å²) in [5.41, 5.74) is 0.576. The number of likely N-dealkylation sites (tertiary alicyclic amines) is 1. The van der Waals surface area contributed by atoms with Gasteiger partial charge in [-0.25, -0.2) is 0 Å². The first-order chi connectivity index (χ1) is 7.63. The van der Waals surface area contributed by atoms with Crippen LogP contribution in [-0.4, -0.2) is 23.9 Å². The van der Waals surface area contributed by atoms with Gasteiger partial charge in [-0.2, -0.15) is 0 Å². The van der Waals surface area contributed by atoms with Crippen LogP contribution < -0.4 is 0 Å². The minimum atomic E-state index is 0.107. The molecule has 3 atom stereocenters. The summed E-state index contributed by atoms with van der Waals surface area (Å²) in [7, 11) is 0. The summed E-state index contributed by atoms with van der Waals surface area (Å²) < 4.78 is 0. The predicted molar refractivity (Wildman–Crippen MR) is 70.6 cm³/mol. The van der Waals surface area contributed by atoms with Crippen molar-refractivity contribution in [3.8, 4) is 0 Å². The van der Waals surface area contributed by atoms with Crippen molar-refractivity contribution in [1.82, 2.24) is 4.90 Å². The second-order valence-electron chi connectivity index (χ2n) is 7.97. The van der Waals surface area contributed by atoms with Crippen molar-refractivity contribution < 1.29 is 4.79 Å². The lowest BCUT2D eigenvalue weighted by Gasteiger charge is -2.32. The number of hydrogen-bond acceptors (Lipinski definition) is 1. The molecule has 0 aromatic carbocycles.